The number of hydrogen-bond acceptors (Lipinski definition) is 8. The molecule has 4 rings (SSSR count). The molecule has 156 valence electrons. The Morgan fingerprint density at radius 1 is 1.00 bits per heavy atom. The molecule has 2 aromatic rings. The van der Waals surface area contributed by atoms with Crippen molar-refractivity contribution in [3.8, 4) is 5.82 Å². The Labute approximate surface area is 169 Å². The topological polar surface area (TPSA) is 117 Å². The van der Waals surface area contributed by atoms with E-state index >= 15 is 0 Å². The SMILES string of the molecule is CS(=O)(=O)N1CCC(C(=O)N2CCN(c3ccc(-n4cncn4)nn3)CC2)CC1. The summed E-state index contributed by atoms with van der Waals surface area (Å²) < 4.78 is 26.3. The summed E-state index contributed by atoms with van der Waals surface area (Å²) in [5, 5.41) is 12.5. The van der Waals surface area contributed by atoms with Gasteiger partial charge in [-0.05, 0) is 25.0 Å². The summed E-state index contributed by atoms with van der Waals surface area (Å²) in [6.07, 6.45) is 5.39. The summed E-state index contributed by atoms with van der Waals surface area (Å²) in [7, 11) is -3.18. The number of carbonyl (C=O) groups is 1. The van der Waals surface area contributed by atoms with Crippen LogP contribution in [0.5, 0.6) is 0 Å². The van der Waals surface area contributed by atoms with Gasteiger partial charge in [-0.3, -0.25) is 4.79 Å². The summed E-state index contributed by atoms with van der Waals surface area (Å²) in [5.74, 6) is 1.40. The minimum Gasteiger partial charge on any atom is -0.352 e. The Kier molecular flexibility index (Phi) is 5.46. The second-order valence-corrected chi connectivity index (χ2v) is 9.32. The molecule has 2 aliphatic heterocycles. The van der Waals surface area contributed by atoms with Gasteiger partial charge >= 0.3 is 0 Å². The number of hydrogen-bond donors (Lipinski definition) is 0. The predicted molar refractivity (Wildman–Crippen MR) is 105 cm³/mol. The van der Waals surface area contributed by atoms with Gasteiger partial charge in [0, 0.05) is 45.2 Å². The summed E-state index contributed by atoms with van der Waals surface area (Å²) in [6, 6.07) is 3.73. The highest BCUT2D eigenvalue weighted by Crippen LogP contribution is 2.22. The van der Waals surface area contributed by atoms with E-state index < -0.39 is 10.0 Å². The van der Waals surface area contributed by atoms with Crippen molar-refractivity contribution in [2.45, 2.75) is 12.8 Å². The molecule has 0 radical (unpaired) electrons. The van der Waals surface area contributed by atoms with Crippen LogP contribution in [-0.4, -0.2) is 94.0 Å². The molecule has 0 aromatic carbocycles. The lowest BCUT2D eigenvalue weighted by Gasteiger charge is -2.38. The lowest BCUT2D eigenvalue weighted by atomic mass is 9.96. The van der Waals surface area contributed by atoms with Gasteiger partial charge in [-0.15, -0.1) is 10.2 Å². The van der Waals surface area contributed by atoms with Gasteiger partial charge in [-0.2, -0.15) is 5.10 Å². The molecule has 1 amide bonds. The molecular formula is C17H24N8O3S. The number of aromatic nitrogens is 5. The minimum absolute atomic E-state index is 0.0960. The first-order chi connectivity index (χ1) is 13.9. The average Bonchev–Trinajstić information content (AvgIpc) is 3.28. The molecule has 11 nitrogen and oxygen atoms in total. The van der Waals surface area contributed by atoms with E-state index in [4.69, 9.17) is 0 Å². The maximum atomic E-state index is 12.8. The van der Waals surface area contributed by atoms with Crippen LogP contribution in [0.15, 0.2) is 24.8 Å². The Hall–Kier alpha value is -2.60. The van der Waals surface area contributed by atoms with Crippen molar-refractivity contribution < 1.29 is 13.2 Å². The van der Waals surface area contributed by atoms with Crippen LogP contribution in [0, 0.1) is 5.92 Å². The molecule has 0 spiro atoms. The molecule has 0 aliphatic carbocycles. The Morgan fingerprint density at radius 2 is 1.66 bits per heavy atom. The quantitative estimate of drug-likeness (QED) is 0.642. The molecule has 2 saturated heterocycles. The highest BCUT2D eigenvalue weighted by atomic mass is 32.2. The lowest BCUT2D eigenvalue weighted by Crippen LogP contribution is -2.52. The van der Waals surface area contributed by atoms with E-state index in [1.807, 2.05) is 17.0 Å². The molecule has 0 unspecified atom stereocenters. The fraction of sp³-hybridized carbons (Fsp3) is 0.588. The standard InChI is InChI=1S/C17H24N8O3S/c1-29(27,28)24-6-4-14(5-7-24)17(26)23-10-8-22(9-11-23)15-2-3-16(21-20-15)25-13-18-12-19-25/h2-3,12-14H,4-11H2,1H3. The first-order valence-corrected chi connectivity index (χ1v) is 11.4. The molecule has 12 heteroatoms. The summed E-state index contributed by atoms with van der Waals surface area (Å²) >= 11 is 0. The number of rotatable bonds is 4. The molecule has 2 aliphatic rings. The van der Waals surface area contributed by atoms with Gasteiger partial charge in [0.05, 0.1) is 6.26 Å². The number of piperidine rings is 1. The van der Waals surface area contributed by atoms with Crippen LogP contribution in [0.1, 0.15) is 12.8 Å². The van der Waals surface area contributed by atoms with E-state index in [9.17, 15) is 13.2 Å². The second-order valence-electron chi connectivity index (χ2n) is 7.34. The van der Waals surface area contributed by atoms with Crippen LogP contribution in [0.3, 0.4) is 0 Å². The van der Waals surface area contributed by atoms with Crippen LogP contribution in [-0.2, 0) is 14.8 Å². The number of anilines is 1. The maximum absolute atomic E-state index is 12.8. The monoisotopic (exact) mass is 420 g/mol. The third kappa shape index (κ3) is 4.37. The normalized spacial score (nSPS) is 19.5. The van der Waals surface area contributed by atoms with Gasteiger partial charge in [0.25, 0.3) is 0 Å². The first-order valence-electron chi connectivity index (χ1n) is 9.59. The van der Waals surface area contributed by atoms with E-state index in [2.05, 4.69) is 25.2 Å². The van der Waals surface area contributed by atoms with Crippen molar-refractivity contribution in [3.05, 3.63) is 24.8 Å². The van der Waals surface area contributed by atoms with E-state index in [0.29, 0.717) is 57.9 Å². The van der Waals surface area contributed by atoms with Crippen LogP contribution < -0.4 is 4.90 Å². The number of carbonyl (C=O) groups excluding carboxylic acids is 1. The van der Waals surface area contributed by atoms with Gasteiger partial charge < -0.3 is 9.80 Å². The van der Waals surface area contributed by atoms with Crippen LogP contribution in [0.25, 0.3) is 5.82 Å². The molecule has 29 heavy (non-hydrogen) atoms. The van der Waals surface area contributed by atoms with Crippen LogP contribution in [0.4, 0.5) is 5.82 Å². The Bertz CT molecular complexity index is 932. The third-order valence-electron chi connectivity index (χ3n) is 5.48. The van der Waals surface area contributed by atoms with Crippen molar-refractivity contribution in [2.24, 2.45) is 5.92 Å². The van der Waals surface area contributed by atoms with Gasteiger partial charge in [-0.25, -0.2) is 22.4 Å². The number of nitrogens with zero attached hydrogens (tertiary/aromatic N) is 8. The van der Waals surface area contributed by atoms with E-state index in [1.54, 1.807) is 11.0 Å². The van der Waals surface area contributed by atoms with Gasteiger partial charge in [0.2, 0.25) is 15.9 Å². The smallest absolute Gasteiger partial charge is 0.225 e. The van der Waals surface area contributed by atoms with Gasteiger partial charge in [-0.1, -0.05) is 0 Å². The Morgan fingerprint density at radius 3 is 2.21 bits per heavy atom. The highest BCUT2D eigenvalue weighted by Gasteiger charge is 2.32. The zero-order valence-electron chi connectivity index (χ0n) is 16.3. The summed E-state index contributed by atoms with van der Waals surface area (Å²) in [6.45, 7) is 3.46. The molecule has 0 saturated carbocycles. The molecular weight excluding hydrogens is 396 g/mol. The summed E-state index contributed by atoms with van der Waals surface area (Å²) in [4.78, 5) is 20.7. The molecule has 4 heterocycles. The van der Waals surface area contributed by atoms with Crippen LogP contribution in [0.2, 0.25) is 0 Å². The van der Waals surface area contributed by atoms with Crippen LogP contribution >= 0.6 is 0 Å². The maximum Gasteiger partial charge on any atom is 0.225 e. The lowest BCUT2D eigenvalue weighted by molar-refractivity contribution is -0.137. The second kappa shape index (κ2) is 8.03. The van der Waals surface area contributed by atoms with Crippen molar-refractivity contribution in [2.75, 3.05) is 50.4 Å². The van der Waals surface area contributed by atoms with Gasteiger partial charge in [0.1, 0.15) is 12.7 Å². The highest BCUT2D eigenvalue weighted by molar-refractivity contribution is 7.88. The van der Waals surface area contributed by atoms with E-state index in [-0.39, 0.29) is 11.8 Å². The zero-order valence-corrected chi connectivity index (χ0v) is 17.1. The first kappa shape index (κ1) is 19.7. The molecule has 0 atom stereocenters. The number of sulfonamides is 1. The molecule has 2 fully saturated rings. The minimum atomic E-state index is -3.18. The van der Waals surface area contributed by atoms with Crippen molar-refractivity contribution in [1.29, 1.82) is 0 Å². The largest absolute Gasteiger partial charge is 0.352 e. The molecule has 0 N–H and O–H groups in total. The third-order valence-corrected chi connectivity index (χ3v) is 6.78. The summed E-state index contributed by atoms with van der Waals surface area (Å²) in [5.41, 5.74) is 0. The fourth-order valence-corrected chi connectivity index (χ4v) is 4.66. The van der Waals surface area contributed by atoms with E-state index in [1.165, 1.54) is 16.9 Å². The van der Waals surface area contributed by atoms with Crippen molar-refractivity contribution in [3.63, 3.8) is 0 Å². The fourth-order valence-electron chi connectivity index (χ4n) is 3.78. The van der Waals surface area contributed by atoms with Crippen molar-refractivity contribution >= 4 is 21.7 Å². The van der Waals surface area contributed by atoms with Gasteiger partial charge in [0.15, 0.2) is 11.6 Å². The van der Waals surface area contributed by atoms with E-state index in [0.717, 1.165) is 5.82 Å². The Balaban J connectivity index is 1.30. The molecule has 0 bridgehead atoms. The number of amides is 1. The number of piperazine rings is 1. The average molecular weight is 420 g/mol. The zero-order chi connectivity index (χ0) is 20.4. The molecule has 2 aromatic heterocycles. The van der Waals surface area contributed by atoms with Crippen molar-refractivity contribution in [1.82, 2.24) is 34.2 Å². The predicted octanol–water partition coefficient (Wildman–Crippen LogP) is -0.622.